The first-order valence-electron chi connectivity index (χ1n) is 7.21. The number of Topliss-reactive ketones (excluding diaryl/α,β-unsaturated/α-hetero) is 1. The molecule has 1 aliphatic rings. The maximum absolute atomic E-state index is 12.5. The first kappa shape index (κ1) is 15.5. The van der Waals surface area contributed by atoms with Crippen LogP contribution in [0.2, 0.25) is 0 Å². The standard InChI is InChI=1S/C18H23NO2/c1-18(2,3)10-15-12-19-11-14(17(15)20)9-13-5-7-16(21-4)8-6-13/h5-10,19H,11-12H2,1-4H3. The third kappa shape index (κ3) is 4.30. The minimum absolute atomic E-state index is 0.00916. The van der Waals surface area contributed by atoms with Crippen LogP contribution in [-0.4, -0.2) is 26.0 Å². The van der Waals surface area contributed by atoms with Gasteiger partial charge in [0, 0.05) is 24.2 Å². The van der Waals surface area contributed by atoms with Gasteiger partial charge in [0.2, 0.25) is 0 Å². The Morgan fingerprint density at radius 1 is 1.10 bits per heavy atom. The molecule has 0 bridgehead atoms. The highest BCUT2D eigenvalue weighted by atomic mass is 16.5. The molecule has 1 aliphatic heterocycles. The fraction of sp³-hybridized carbons (Fsp3) is 0.389. The fourth-order valence-corrected chi connectivity index (χ4v) is 2.36. The van der Waals surface area contributed by atoms with Gasteiger partial charge >= 0.3 is 0 Å². The van der Waals surface area contributed by atoms with E-state index in [9.17, 15) is 4.79 Å². The number of hydrogen-bond donors (Lipinski definition) is 1. The highest BCUT2D eigenvalue weighted by Gasteiger charge is 2.22. The molecule has 3 nitrogen and oxygen atoms in total. The molecule has 0 aliphatic carbocycles. The van der Waals surface area contributed by atoms with Crippen molar-refractivity contribution in [1.82, 2.24) is 5.32 Å². The number of allylic oxidation sites excluding steroid dienone is 1. The number of hydrogen-bond acceptors (Lipinski definition) is 3. The first-order chi connectivity index (χ1) is 9.89. The monoisotopic (exact) mass is 285 g/mol. The zero-order valence-electron chi connectivity index (χ0n) is 13.2. The van der Waals surface area contributed by atoms with Gasteiger partial charge in [-0.2, -0.15) is 0 Å². The van der Waals surface area contributed by atoms with Crippen molar-refractivity contribution in [2.75, 3.05) is 20.2 Å². The van der Waals surface area contributed by atoms with Crippen molar-refractivity contribution < 1.29 is 9.53 Å². The summed E-state index contributed by atoms with van der Waals surface area (Å²) >= 11 is 0. The second kappa shape index (κ2) is 6.27. The van der Waals surface area contributed by atoms with E-state index < -0.39 is 0 Å². The molecule has 1 N–H and O–H groups in total. The van der Waals surface area contributed by atoms with Crippen LogP contribution in [0.15, 0.2) is 41.5 Å². The Morgan fingerprint density at radius 2 is 1.71 bits per heavy atom. The van der Waals surface area contributed by atoms with Crippen molar-refractivity contribution in [2.24, 2.45) is 5.41 Å². The number of ketones is 1. The zero-order valence-corrected chi connectivity index (χ0v) is 13.2. The first-order valence-corrected chi connectivity index (χ1v) is 7.21. The van der Waals surface area contributed by atoms with Crippen LogP contribution in [0.1, 0.15) is 26.3 Å². The molecule has 0 aromatic heterocycles. The molecule has 112 valence electrons. The summed E-state index contributed by atoms with van der Waals surface area (Å²) in [7, 11) is 1.64. The Bertz CT molecular complexity index is 574. The van der Waals surface area contributed by atoms with Gasteiger partial charge in [0.15, 0.2) is 5.78 Å². The van der Waals surface area contributed by atoms with Crippen LogP contribution in [0.4, 0.5) is 0 Å². The lowest BCUT2D eigenvalue weighted by molar-refractivity contribution is -0.112. The highest BCUT2D eigenvalue weighted by Crippen LogP contribution is 2.22. The summed E-state index contributed by atoms with van der Waals surface area (Å²) in [6.07, 6.45) is 4.01. The van der Waals surface area contributed by atoms with Crippen molar-refractivity contribution in [3.63, 3.8) is 0 Å². The van der Waals surface area contributed by atoms with Gasteiger partial charge < -0.3 is 10.1 Å². The van der Waals surface area contributed by atoms with Gasteiger partial charge in [-0.3, -0.25) is 4.79 Å². The predicted molar refractivity (Wildman–Crippen MR) is 86.4 cm³/mol. The van der Waals surface area contributed by atoms with Crippen molar-refractivity contribution in [1.29, 1.82) is 0 Å². The third-order valence-electron chi connectivity index (χ3n) is 3.28. The third-order valence-corrected chi connectivity index (χ3v) is 3.28. The summed E-state index contributed by atoms with van der Waals surface area (Å²) in [6.45, 7) is 7.58. The number of rotatable bonds is 2. The number of piperidine rings is 1. The summed E-state index contributed by atoms with van der Waals surface area (Å²) in [4.78, 5) is 12.5. The van der Waals surface area contributed by atoms with Gasteiger partial charge in [0.05, 0.1) is 7.11 Å². The molecule has 0 spiro atoms. The van der Waals surface area contributed by atoms with E-state index in [0.29, 0.717) is 13.1 Å². The molecule has 1 heterocycles. The Hall–Kier alpha value is -1.87. The Kier molecular flexibility index (Phi) is 4.63. The van der Waals surface area contributed by atoms with Gasteiger partial charge in [0.1, 0.15) is 5.75 Å². The number of benzene rings is 1. The van der Waals surface area contributed by atoms with E-state index in [2.05, 4.69) is 32.2 Å². The molecule has 1 aromatic rings. The number of carbonyl (C=O) groups excluding carboxylic acids is 1. The lowest BCUT2D eigenvalue weighted by atomic mass is 9.88. The maximum Gasteiger partial charge on any atom is 0.187 e. The topological polar surface area (TPSA) is 38.3 Å². The van der Waals surface area contributed by atoms with Crippen molar-refractivity contribution in [2.45, 2.75) is 20.8 Å². The van der Waals surface area contributed by atoms with E-state index >= 15 is 0 Å². The molecule has 0 atom stereocenters. The summed E-state index contributed by atoms with van der Waals surface area (Å²) in [6, 6.07) is 7.72. The van der Waals surface area contributed by atoms with Crippen LogP contribution in [0.25, 0.3) is 6.08 Å². The van der Waals surface area contributed by atoms with Crippen LogP contribution >= 0.6 is 0 Å². The van der Waals surface area contributed by atoms with Gasteiger partial charge in [-0.05, 0) is 29.2 Å². The van der Waals surface area contributed by atoms with Crippen LogP contribution in [0, 0.1) is 5.41 Å². The second-order valence-electron chi connectivity index (χ2n) is 6.41. The summed E-state index contributed by atoms with van der Waals surface area (Å²) in [5, 5.41) is 3.30. The average Bonchev–Trinajstić information content (AvgIpc) is 2.43. The normalized spacial score (nSPS) is 20.1. The highest BCUT2D eigenvalue weighted by molar-refractivity contribution is 6.12. The van der Waals surface area contributed by atoms with E-state index in [4.69, 9.17) is 4.74 Å². The smallest absolute Gasteiger partial charge is 0.187 e. The van der Waals surface area contributed by atoms with Crippen molar-refractivity contribution in [3.8, 4) is 5.75 Å². The van der Waals surface area contributed by atoms with E-state index in [1.54, 1.807) is 7.11 Å². The molecule has 0 radical (unpaired) electrons. The van der Waals surface area contributed by atoms with Crippen LogP contribution in [0.3, 0.4) is 0 Å². The fourth-order valence-electron chi connectivity index (χ4n) is 2.36. The van der Waals surface area contributed by atoms with Gasteiger partial charge in [-0.15, -0.1) is 0 Å². The quantitative estimate of drug-likeness (QED) is 0.848. The number of carbonyl (C=O) groups is 1. The zero-order chi connectivity index (χ0) is 15.5. The summed E-state index contributed by atoms with van der Waals surface area (Å²) in [5.41, 5.74) is 2.68. The molecule has 0 unspecified atom stereocenters. The molecule has 21 heavy (non-hydrogen) atoms. The van der Waals surface area contributed by atoms with Crippen LogP contribution in [-0.2, 0) is 4.79 Å². The molecule has 1 aromatic carbocycles. The van der Waals surface area contributed by atoms with E-state index in [0.717, 1.165) is 22.5 Å². The van der Waals surface area contributed by atoms with Crippen molar-refractivity contribution >= 4 is 11.9 Å². The molecule has 3 heteroatoms. The molecular weight excluding hydrogens is 262 g/mol. The Morgan fingerprint density at radius 3 is 2.29 bits per heavy atom. The summed E-state index contributed by atoms with van der Waals surface area (Å²) in [5.74, 6) is 0.970. The van der Waals surface area contributed by atoms with Gasteiger partial charge in [-0.1, -0.05) is 39.0 Å². The minimum Gasteiger partial charge on any atom is -0.497 e. The van der Waals surface area contributed by atoms with E-state index in [-0.39, 0.29) is 11.2 Å². The van der Waals surface area contributed by atoms with E-state index in [1.165, 1.54) is 0 Å². The predicted octanol–water partition coefficient (Wildman–Crippen LogP) is 3.22. The van der Waals surface area contributed by atoms with Gasteiger partial charge in [0.25, 0.3) is 0 Å². The number of ether oxygens (including phenoxy) is 1. The SMILES string of the molecule is COc1ccc(C=C2CNCC(=CC(C)(C)C)C2=O)cc1. The number of nitrogens with one attached hydrogen (secondary N) is 1. The van der Waals surface area contributed by atoms with Gasteiger partial charge in [-0.25, -0.2) is 0 Å². The van der Waals surface area contributed by atoms with Crippen LogP contribution in [0.5, 0.6) is 5.75 Å². The maximum atomic E-state index is 12.5. The van der Waals surface area contributed by atoms with Crippen molar-refractivity contribution in [3.05, 3.63) is 47.1 Å². The largest absolute Gasteiger partial charge is 0.497 e. The van der Waals surface area contributed by atoms with E-state index in [1.807, 2.05) is 30.3 Å². The molecular formula is C18H23NO2. The average molecular weight is 285 g/mol. The minimum atomic E-state index is 0.00916. The molecule has 1 fully saturated rings. The Labute approximate surface area is 126 Å². The molecule has 1 saturated heterocycles. The Balaban J connectivity index is 2.24. The second-order valence-corrected chi connectivity index (χ2v) is 6.41. The molecule has 2 rings (SSSR count). The summed E-state index contributed by atoms with van der Waals surface area (Å²) < 4.78 is 5.14. The van der Waals surface area contributed by atoms with Crippen LogP contribution < -0.4 is 10.1 Å². The number of methoxy groups -OCH3 is 1. The lowest BCUT2D eigenvalue weighted by Gasteiger charge is -2.21. The molecule has 0 amide bonds. The lowest BCUT2D eigenvalue weighted by Crippen LogP contribution is -2.33. The molecule has 0 saturated carbocycles.